The average molecular weight is 352 g/mol. The van der Waals surface area contributed by atoms with Gasteiger partial charge < -0.3 is 9.64 Å². The van der Waals surface area contributed by atoms with E-state index < -0.39 is 0 Å². The smallest absolute Gasteiger partial charge is 0.299 e. The van der Waals surface area contributed by atoms with Crippen molar-refractivity contribution in [3.8, 4) is 18.1 Å². The molecule has 0 aromatic carbocycles. The number of hydrogen-bond acceptors (Lipinski definition) is 4. The third-order valence-electron chi connectivity index (χ3n) is 4.89. The van der Waals surface area contributed by atoms with E-state index in [4.69, 9.17) is 11.2 Å². The molecule has 0 aliphatic carbocycles. The number of terminal acetylenes is 1. The molecule has 0 saturated heterocycles. The lowest BCUT2D eigenvalue weighted by molar-refractivity contribution is -0.130. The number of unbranched alkanes of at least 4 members (excludes halogenated alkanes) is 1. The van der Waals surface area contributed by atoms with E-state index in [1.807, 2.05) is 24.2 Å². The molecule has 6 nitrogen and oxygen atoms in total. The number of rotatable bonds is 5. The second kappa shape index (κ2) is 7.61. The molecule has 0 unspecified atom stereocenters. The molecule has 1 aliphatic rings. The van der Waals surface area contributed by atoms with Crippen LogP contribution in [-0.4, -0.2) is 38.7 Å². The summed E-state index contributed by atoms with van der Waals surface area (Å²) in [4.78, 5) is 19.1. The number of methoxy groups -OCH3 is 1. The Morgan fingerprint density at radius 2 is 2.27 bits per heavy atom. The first-order chi connectivity index (χ1) is 12.6. The molecule has 1 amide bonds. The van der Waals surface area contributed by atoms with E-state index in [-0.39, 0.29) is 18.0 Å². The third-order valence-corrected chi connectivity index (χ3v) is 4.89. The average Bonchev–Trinajstić information content (AvgIpc) is 3.09. The summed E-state index contributed by atoms with van der Waals surface area (Å²) in [7, 11) is 3.49. The zero-order chi connectivity index (χ0) is 18.7. The summed E-state index contributed by atoms with van der Waals surface area (Å²) >= 11 is 0. The summed E-state index contributed by atoms with van der Waals surface area (Å²) in [6.07, 6.45) is 14.6. The lowest BCUT2D eigenvalue weighted by Gasteiger charge is -2.41. The number of pyridine rings is 1. The van der Waals surface area contributed by atoms with Crippen molar-refractivity contribution < 1.29 is 9.53 Å². The largest absolute Gasteiger partial charge is 0.495 e. The minimum atomic E-state index is -0.330. The monoisotopic (exact) mass is 352 g/mol. The van der Waals surface area contributed by atoms with E-state index >= 15 is 0 Å². The normalized spacial score (nSPS) is 18.9. The maximum atomic E-state index is 12.7. The Kier molecular flexibility index (Phi) is 5.27. The molecule has 6 heteroatoms. The Labute approximate surface area is 154 Å². The first kappa shape index (κ1) is 18.0. The maximum absolute atomic E-state index is 12.7. The van der Waals surface area contributed by atoms with Gasteiger partial charge in [0, 0.05) is 24.8 Å². The molecule has 0 N–H and O–H groups in total. The van der Waals surface area contributed by atoms with Gasteiger partial charge >= 0.3 is 0 Å². The fraction of sp³-hybridized carbons (Fsp3) is 0.450. The molecule has 3 rings (SSSR count). The highest BCUT2D eigenvalue weighted by molar-refractivity contribution is 5.94. The summed E-state index contributed by atoms with van der Waals surface area (Å²) in [5, 5.41) is 4.28. The first-order valence-electron chi connectivity index (χ1n) is 8.89. The van der Waals surface area contributed by atoms with Crippen molar-refractivity contribution in [1.29, 1.82) is 0 Å². The van der Waals surface area contributed by atoms with Gasteiger partial charge in [-0.3, -0.25) is 14.5 Å². The van der Waals surface area contributed by atoms with Gasteiger partial charge in [0.2, 0.25) is 0 Å². The van der Waals surface area contributed by atoms with Crippen molar-refractivity contribution >= 4 is 5.91 Å². The van der Waals surface area contributed by atoms with Crippen molar-refractivity contribution in [2.24, 2.45) is 7.05 Å². The molecule has 26 heavy (non-hydrogen) atoms. The molecular weight excluding hydrogens is 328 g/mol. The zero-order valence-corrected chi connectivity index (χ0v) is 15.5. The molecule has 0 saturated carbocycles. The van der Waals surface area contributed by atoms with Crippen LogP contribution in [0.1, 0.15) is 49.0 Å². The predicted octanol–water partition coefficient (Wildman–Crippen LogP) is 2.49. The Morgan fingerprint density at radius 1 is 1.46 bits per heavy atom. The van der Waals surface area contributed by atoms with Crippen LogP contribution < -0.4 is 4.74 Å². The number of nitrogens with zero attached hydrogens (tertiary/aromatic N) is 4. The Hall–Kier alpha value is -2.81. The van der Waals surface area contributed by atoms with Crippen molar-refractivity contribution in [3.05, 3.63) is 41.5 Å². The molecule has 2 atom stereocenters. The number of amides is 1. The molecule has 0 radical (unpaired) electrons. The number of ether oxygens (including phenoxy) is 1. The molecule has 0 bridgehead atoms. The van der Waals surface area contributed by atoms with Gasteiger partial charge in [-0.25, -0.2) is 0 Å². The van der Waals surface area contributed by atoms with Crippen molar-refractivity contribution in [2.45, 2.75) is 44.7 Å². The highest BCUT2D eigenvalue weighted by Gasteiger charge is 2.39. The van der Waals surface area contributed by atoms with Gasteiger partial charge in [0.15, 0.2) is 0 Å². The molecular formula is C20H24N4O2. The van der Waals surface area contributed by atoms with Crippen molar-refractivity contribution in [1.82, 2.24) is 19.7 Å². The second-order valence-corrected chi connectivity index (χ2v) is 6.63. The number of carbonyl (C=O) groups is 1. The third kappa shape index (κ3) is 3.30. The van der Waals surface area contributed by atoms with Crippen molar-refractivity contribution in [2.75, 3.05) is 7.11 Å². The minimum absolute atomic E-state index is 0.0325. The Morgan fingerprint density at radius 3 is 2.88 bits per heavy atom. The van der Waals surface area contributed by atoms with Crippen LogP contribution in [0.15, 0.2) is 24.7 Å². The molecule has 0 fully saturated rings. The van der Waals surface area contributed by atoms with Crippen LogP contribution in [0, 0.1) is 12.3 Å². The molecule has 1 aliphatic heterocycles. The molecule has 0 spiro atoms. The standard InChI is InChI=1S/C20H24N4O2/c1-5-7-8-16-9-14-10-17(26-4)12-21-19(14)20(24(16)18(25)6-2)15-11-22-23(3)13-15/h2,10-13,16,20H,5,7-9H2,1,3-4H3/t16-,20-/m0/s1. The summed E-state index contributed by atoms with van der Waals surface area (Å²) in [6.45, 7) is 2.15. The van der Waals surface area contributed by atoms with Crippen LogP contribution in [0.5, 0.6) is 5.75 Å². The highest BCUT2D eigenvalue weighted by Crippen LogP contribution is 2.39. The van der Waals surface area contributed by atoms with Gasteiger partial charge in [-0.05, 0) is 30.4 Å². The van der Waals surface area contributed by atoms with E-state index in [1.165, 1.54) is 0 Å². The van der Waals surface area contributed by atoms with Crippen LogP contribution in [0.4, 0.5) is 0 Å². The van der Waals surface area contributed by atoms with Gasteiger partial charge in [-0.1, -0.05) is 19.8 Å². The van der Waals surface area contributed by atoms with Crippen molar-refractivity contribution in [3.63, 3.8) is 0 Å². The van der Waals surface area contributed by atoms with Crippen LogP contribution in [0.3, 0.4) is 0 Å². The van der Waals surface area contributed by atoms with E-state index in [0.717, 1.165) is 48.3 Å². The maximum Gasteiger partial charge on any atom is 0.299 e. The van der Waals surface area contributed by atoms with Gasteiger partial charge in [-0.2, -0.15) is 5.10 Å². The minimum Gasteiger partial charge on any atom is -0.495 e. The van der Waals surface area contributed by atoms with Gasteiger partial charge in [0.1, 0.15) is 11.8 Å². The number of carbonyl (C=O) groups excluding carboxylic acids is 1. The Bertz CT molecular complexity index is 837. The number of fused-ring (bicyclic) bond motifs is 1. The predicted molar refractivity (Wildman–Crippen MR) is 98.5 cm³/mol. The van der Waals surface area contributed by atoms with E-state index in [9.17, 15) is 4.79 Å². The lowest BCUT2D eigenvalue weighted by Crippen LogP contribution is -2.47. The highest BCUT2D eigenvalue weighted by atomic mass is 16.5. The molecule has 2 aromatic rings. The fourth-order valence-corrected chi connectivity index (χ4v) is 3.65. The Balaban J connectivity index is 2.14. The quantitative estimate of drug-likeness (QED) is 0.776. The summed E-state index contributed by atoms with van der Waals surface area (Å²) in [6, 6.07) is 1.72. The van der Waals surface area contributed by atoms with E-state index in [2.05, 4.69) is 22.9 Å². The van der Waals surface area contributed by atoms with Crippen LogP contribution in [0.25, 0.3) is 0 Å². The number of aromatic nitrogens is 3. The van der Waals surface area contributed by atoms with Gasteiger partial charge in [0.25, 0.3) is 5.91 Å². The summed E-state index contributed by atoms with van der Waals surface area (Å²) in [5.74, 6) is 2.73. The number of aryl methyl sites for hydroxylation is 1. The summed E-state index contributed by atoms with van der Waals surface area (Å²) < 4.78 is 7.07. The number of hydrogen-bond donors (Lipinski definition) is 0. The summed E-state index contributed by atoms with van der Waals surface area (Å²) in [5.41, 5.74) is 2.85. The topological polar surface area (TPSA) is 60.3 Å². The van der Waals surface area contributed by atoms with E-state index in [1.54, 1.807) is 24.2 Å². The fourth-order valence-electron chi connectivity index (χ4n) is 3.65. The second-order valence-electron chi connectivity index (χ2n) is 6.63. The lowest BCUT2D eigenvalue weighted by atomic mass is 9.87. The molecule has 3 heterocycles. The van der Waals surface area contributed by atoms with Crippen LogP contribution in [-0.2, 0) is 18.3 Å². The first-order valence-corrected chi connectivity index (χ1v) is 8.89. The molecule has 2 aromatic heterocycles. The van der Waals surface area contributed by atoms with E-state index in [0.29, 0.717) is 0 Å². The zero-order valence-electron chi connectivity index (χ0n) is 15.5. The van der Waals surface area contributed by atoms with Gasteiger partial charge in [-0.15, -0.1) is 6.42 Å². The van der Waals surface area contributed by atoms with Crippen LogP contribution in [0.2, 0.25) is 0 Å². The van der Waals surface area contributed by atoms with Gasteiger partial charge in [0.05, 0.1) is 25.2 Å². The van der Waals surface area contributed by atoms with Crippen LogP contribution >= 0.6 is 0 Å². The molecule has 136 valence electrons. The SMILES string of the molecule is C#CC(=O)N1[C@@H](CCCC)Cc2cc(OC)cnc2[C@@H]1c1cnn(C)c1.